The molecule has 0 fully saturated rings. The Bertz CT molecular complexity index is 368. The van der Waals surface area contributed by atoms with E-state index in [9.17, 15) is 4.79 Å². The Kier molecular flexibility index (Phi) is 5.82. The normalized spacial score (nSPS) is 10.6. The highest BCUT2D eigenvalue weighted by atomic mass is 16.5. The second-order valence-electron chi connectivity index (χ2n) is 3.53. The molecule has 17 heavy (non-hydrogen) atoms. The number of aliphatic hydroxyl groups excluding tert-OH is 1. The fourth-order valence-corrected chi connectivity index (χ4v) is 1.23. The van der Waals surface area contributed by atoms with Gasteiger partial charge in [-0.3, -0.25) is 0 Å². The number of unbranched alkanes of at least 4 members (excludes halogenated alkanes) is 1. The van der Waals surface area contributed by atoms with Crippen LogP contribution >= 0.6 is 0 Å². The van der Waals surface area contributed by atoms with Gasteiger partial charge in [0.15, 0.2) is 0 Å². The third-order valence-electron chi connectivity index (χ3n) is 2.18. The zero-order valence-corrected chi connectivity index (χ0v) is 9.50. The molecule has 0 aliphatic carbocycles. The molecule has 0 spiro atoms. The zero-order valence-electron chi connectivity index (χ0n) is 9.50. The van der Waals surface area contributed by atoms with E-state index in [-0.39, 0.29) is 12.2 Å². The van der Waals surface area contributed by atoms with Crippen molar-refractivity contribution in [3.8, 4) is 0 Å². The van der Waals surface area contributed by atoms with E-state index in [1.807, 2.05) is 0 Å². The fourth-order valence-electron chi connectivity index (χ4n) is 1.23. The Balaban J connectivity index is 2.36. The minimum atomic E-state index is -0.930. The molecule has 0 atom stereocenters. The number of hydrogen-bond donors (Lipinski definition) is 2. The van der Waals surface area contributed by atoms with Gasteiger partial charge in [-0.05, 0) is 36.6 Å². The van der Waals surface area contributed by atoms with Crippen LogP contribution in [0.25, 0.3) is 6.08 Å². The largest absolute Gasteiger partial charge is 0.501 e. The Morgan fingerprint density at radius 2 is 1.94 bits per heavy atom. The molecule has 0 heterocycles. The van der Waals surface area contributed by atoms with Crippen molar-refractivity contribution < 1.29 is 19.7 Å². The second-order valence-corrected chi connectivity index (χ2v) is 3.53. The van der Waals surface area contributed by atoms with Crippen LogP contribution in [0, 0.1) is 0 Å². The summed E-state index contributed by atoms with van der Waals surface area (Å²) in [6.45, 7) is 0.758. The average molecular weight is 236 g/mol. The highest BCUT2D eigenvalue weighted by Crippen LogP contribution is 2.06. The molecule has 0 saturated heterocycles. The highest BCUT2D eigenvalue weighted by Gasteiger charge is 1.99. The third-order valence-corrected chi connectivity index (χ3v) is 2.18. The molecule has 1 aromatic carbocycles. The van der Waals surface area contributed by atoms with E-state index in [0.717, 1.165) is 18.4 Å². The van der Waals surface area contributed by atoms with Gasteiger partial charge < -0.3 is 14.9 Å². The molecular weight excluding hydrogens is 220 g/mol. The van der Waals surface area contributed by atoms with Gasteiger partial charge in [0.2, 0.25) is 0 Å². The van der Waals surface area contributed by atoms with E-state index in [2.05, 4.69) is 0 Å². The molecule has 4 heteroatoms. The van der Waals surface area contributed by atoms with Crippen LogP contribution in [0.4, 0.5) is 0 Å². The van der Waals surface area contributed by atoms with Gasteiger partial charge in [0, 0.05) is 6.61 Å². The number of carboxylic acid groups (broad SMARTS) is 1. The van der Waals surface area contributed by atoms with Crippen molar-refractivity contribution in [2.24, 2.45) is 0 Å². The van der Waals surface area contributed by atoms with Crippen LogP contribution < -0.4 is 0 Å². The Hall–Kier alpha value is -1.81. The topological polar surface area (TPSA) is 66.8 Å². The predicted molar refractivity (Wildman–Crippen MR) is 64.7 cm³/mol. The molecule has 0 aromatic heterocycles. The molecule has 1 aromatic rings. The highest BCUT2D eigenvalue weighted by molar-refractivity contribution is 5.87. The lowest BCUT2D eigenvalue weighted by atomic mass is 10.1. The number of carboxylic acids is 1. The van der Waals surface area contributed by atoms with Crippen molar-refractivity contribution in [1.82, 2.24) is 0 Å². The predicted octanol–water partition coefficient (Wildman–Crippen LogP) is 2.14. The molecule has 0 radical (unpaired) electrons. The average Bonchev–Trinajstić information content (AvgIpc) is 2.34. The molecule has 4 nitrogen and oxygen atoms in total. The minimum absolute atomic E-state index is 0.184. The summed E-state index contributed by atoms with van der Waals surface area (Å²) in [5.74, 6) is -0.930. The molecule has 0 aliphatic heterocycles. The fraction of sp³-hybridized carbons (Fsp3) is 0.308. The molecule has 0 amide bonds. The summed E-state index contributed by atoms with van der Waals surface area (Å²) in [4.78, 5) is 10.6. The summed E-state index contributed by atoms with van der Waals surface area (Å²) >= 11 is 0. The monoisotopic (exact) mass is 236 g/mol. The van der Waals surface area contributed by atoms with Crippen molar-refractivity contribution in [1.29, 1.82) is 0 Å². The quantitative estimate of drug-likeness (QED) is 0.562. The first-order valence-electron chi connectivity index (χ1n) is 5.46. The number of benzene rings is 1. The number of rotatable bonds is 7. The lowest BCUT2D eigenvalue weighted by Crippen LogP contribution is -1.94. The summed E-state index contributed by atoms with van der Waals surface area (Å²) in [7, 11) is 0. The van der Waals surface area contributed by atoms with Crippen LogP contribution in [0.5, 0.6) is 0 Å². The van der Waals surface area contributed by atoms with Crippen molar-refractivity contribution in [3.05, 3.63) is 41.7 Å². The van der Waals surface area contributed by atoms with Crippen LogP contribution in [0.3, 0.4) is 0 Å². The molecule has 0 bridgehead atoms. The molecular formula is C13H16O4. The summed E-state index contributed by atoms with van der Waals surface area (Å²) < 4.78 is 5.21. The first kappa shape index (κ1) is 13.3. The summed E-state index contributed by atoms with van der Waals surface area (Å²) in [6, 6.07) is 6.54. The van der Waals surface area contributed by atoms with Crippen LogP contribution in [-0.4, -0.2) is 29.4 Å². The Morgan fingerprint density at radius 1 is 1.24 bits per heavy atom. The first-order chi connectivity index (χ1) is 8.24. The Labute approximate surface area is 100 Å². The second kappa shape index (κ2) is 7.46. The van der Waals surface area contributed by atoms with E-state index in [1.54, 1.807) is 36.6 Å². The van der Waals surface area contributed by atoms with Gasteiger partial charge in [0.05, 0.1) is 18.4 Å². The standard InChI is InChI=1S/C13H16O4/c14-8-1-2-9-17-10-7-11-3-5-12(6-4-11)13(15)16/h3-7,10,14H,1-2,8-9H2,(H,15,16)/b10-7+. The molecule has 1 rings (SSSR count). The van der Waals surface area contributed by atoms with Crippen molar-refractivity contribution in [2.75, 3.05) is 13.2 Å². The summed E-state index contributed by atoms with van der Waals surface area (Å²) in [6.07, 6.45) is 4.90. The maximum absolute atomic E-state index is 10.6. The number of aliphatic hydroxyl groups is 1. The Morgan fingerprint density at radius 3 is 2.53 bits per heavy atom. The van der Waals surface area contributed by atoms with E-state index in [0.29, 0.717) is 6.61 Å². The molecule has 92 valence electrons. The third kappa shape index (κ3) is 5.17. The number of ether oxygens (including phenoxy) is 1. The number of carbonyl (C=O) groups is 1. The minimum Gasteiger partial charge on any atom is -0.501 e. The maximum Gasteiger partial charge on any atom is 0.335 e. The van der Waals surface area contributed by atoms with Crippen molar-refractivity contribution in [3.63, 3.8) is 0 Å². The van der Waals surface area contributed by atoms with Crippen LogP contribution in [0.1, 0.15) is 28.8 Å². The van der Waals surface area contributed by atoms with Gasteiger partial charge in [-0.2, -0.15) is 0 Å². The zero-order chi connectivity index (χ0) is 12.5. The van der Waals surface area contributed by atoms with Gasteiger partial charge in [0.1, 0.15) is 0 Å². The van der Waals surface area contributed by atoms with Gasteiger partial charge in [-0.1, -0.05) is 12.1 Å². The number of hydrogen-bond acceptors (Lipinski definition) is 3. The van der Waals surface area contributed by atoms with Crippen LogP contribution in [-0.2, 0) is 4.74 Å². The lowest BCUT2D eigenvalue weighted by Gasteiger charge is -1.99. The summed E-state index contributed by atoms with van der Waals surface area (Å²) in [5.41, 5.74) is 1.16. The SMILES string of the molecule is O=C(O)c1ccc(/C=C/OCCCCO)cc1. The first-order valence-corrected chi connectivity index (χ1v) is 5.46. The molecule has 0 unspecified atom stereocenters. The van der Waals surface area contributed by atoms with Crippen LogP contribution in [0.15, 0.2) is 30.5 Å². The number of aromatic carboxylic acids is 1. The van der Waals surface area contributed by atoms with E-state index >= 15 is 0 Å². The van der Waals surface area contributed by atoms with Crippen molar-refractivity contribution >= 4 is 12.0 Å². The maximum atomic E-state index is 10.6. The van der Waals surface area contributed by atoms with Gasteiger partial charge in [0.25, 0.3) is 0 Å². The van der Waals surface area contributed by atoms with E-state index in [1.165, 1.54) is 0 Å². The molecule has 2 N–H and O–H groups in total. The molecule has 0 aliphatic rings. The van der Waals surface area contributed by atoms with Gasteiger partial charge in [-0.15, -0.1) is 0 Å². The van der Waals surface area contributed by atoms with Gasteiger partial charge >= 0.3 is 5.97 Å². The molecule has 0 saturated carbocycles. The van der Waals surface area contributed by atoms with Crippen LogP contribution in [0.2, 0.25) is 0 Å². The van der Waals surface area contributed by atoms with Crippen molar-refractivity contribution in [2.45, 2.75) is 12.8 Å². The lowest BCUT2D eigenvalue weighted by molar-refractivity contribution is 0.0697. The van der Waals surface area contributed by atoms with E-state index in [4.69, 9.17) is 14.9 Å². The van der Waals surface area contributed by atoms with E-state index < -0.39 is 5.97 Å². The smallest absolute Gasteiger partial charge is 0.335 e. The summed E-state index contributed by atoms with van der Waals surface area (Å²) in [5, 5.41) is 17.3. The van der Waals surface area contributed by atoms with Gasteiger partial charge in [-0.25, -0.2) is 4.79 Å².